The molecule has 5 N–H and O–H groups in total. The highest BCUT2D eigenvalue weighted by molar-refractivity contribution is 5.86. The summed E-state index contributed by atoms with van der Waals surface area (Å²) in [6.07, 6.45) is 4.92. The van der Waals surface area contributed by atoms with E-state index in [4.69, 9.17) is 11.5 Å². The van der Waals surface area contributed by atoms with Gasteiger partial charge in [-0.3, -0.25) is 4.98 Å². The van der Waals surface area contributed by atoms with E-state index in [1.54, 1.807) is 6.20 Å². The van der Waals surface area contributed by atoms with Crippen LogP contribution in [0.4, 0.5) is 11.8 Å². The van der Waals surface area contributed by atoms with E-state index in [1.165, 1.54) is 0 Å². The minimum Gasteiger partial charge on any atom is -0.368 e. The van der Waals surface area contributed by atoms with Crippen molar-refractivity contribution in [3.8, 4) is 0 Å². The molecule has 0 aliphatic rings. The van der Waals surface area contributed by atoms with Gasteiger partial charge in [0.15, 0.2) is 5.82 Å². The molecule has 0 aliphatic heterocycles. The molecule has 1 atom stereocenters. The lowest BCUT2D eigenvalue weighted by molar-refractivity contribution is 0.461. The lowest BCUT2D eigenvalue weighted by Gasteiger charge is -2.30. The number of unbranched alkanes of at least 4 members (excludes halogenated alkanes) is 1. The molecule has 0 fully saturated rings. The molecule has 1 unspecified atom stereocenters. The summed E-state index contributed by atoms with van der Waals surface area (Å²) < 4.78 is 0. The molecular weight excluding hydrogens is 252 g/mol. The number of aromatic nitrogens is 3. The van der Waals surface area contributed by atoms with Crippen LogP contribution in [-0.4, -0.2) is 27.0 Å². The normalized spacial score (nSPS) is 14.2. The zero-order valence-electron chi connectivity index (χ0n) is 12.1. The van der Waals surface area contributed by atoms with Crippen LogP contribution in [0.5, 0.6) is 0 Å². The van der Waals surface area contributed by atoms with Crippen LogP contribution in [0, 0.1) is 0 Å². The third-order valence-electron chi connectivity index (χ3n) is 3.42. The molecular formula is C14H22N6. The van der Waals surface area contributed by atoms with Crippen LogP contribution < -0.4 is 16.8 Å². The molecule has 0 aliphatic carbocycles. The van der Waals surface area contributed by atoms with Gasteiger partial charge in [0.1, 0.15) is 5.52 Å². The number of anilines is 2. The lowest BCUT2D eigenvalue weighted by Crippen LogP contribution is -2.42. The summed E-state index contributed by atoms with van der Waals surface area (Å²) in [6.45, 7) is 4.78. The van der Waals surface area contributed by atoms with Gasteiger partial charge in [-0.2, -0.15) is 4.98 Å². The Balaban J connectivity index is 2.36. The van der Waals surface area contributed by atoms with E-state index in [9.17, 15) is 0 Å². The summed E-state index contributed by atoms with van der Waals surface area (Å²) in [5.41, 5.74) is 12.9. The molecule has 0 aromatic carbocycles. The topological polar surface area (TPSA) is 103 Å². The number of nitrogens with one attached hydrogen (secondary N) is 1. The number of nitrogens with two attached hydrogens (primary N) is 2. The fourth-order valence-electron chi connectivity index (χ4n) is 2.14. The van der Waals surface area contributed by atoms with Gasteiger partial charge in [0.05, 0.1) is 5.52 Å². The Kier molecular flexibility index (Phi) is 4.34. The van der Waals surface area contributed by atoms with Crippen molar-refractivity contribution in [2.75, 3.05) is 17.6 Å². The predicted molar refractivity (Wildman–Crippen MR) is 82.4 cm³/mol. The summed E-state index contributed by atoms with van der Waals surface area (Å²) >= 11 is 0. The Morgan fingerprint density at radius 1 is 1.35 bits per heavy atom. The average Bonchev–Trinajstić information content (AvgIpc) is 2.45. The van der Waals surface area contributed by atoms with E-state index in [-0.39, 0.29) is 11.5 Å². The van der Waals surface area contributed by atoms with Gasteiger partial charge < -0.3 is 16.8 Å². The minimum atomic E-state index is -0.221. The Bertz CT molecular complexity index is 585. The van der Waals surface area contributed by atoms with Crippen molar-refractivity contribution >= 4 is 22.8 Å². The fourth-order valence-corrected chi connectivity index (χ4v) is 2.14. The van der Waals surface area contributed by atoms with Crippen molar-refractivity contribution in [3.05, 3.63) is 18.3 Å². The van der Waals surface area contributed by atoms with Crippen molar-refractivity contribution in [2.45, 2.75) is 38.6 Å². The van der Waals surface area contributed by atoms with Crippen molar-refractivity contribution in [2.24, 2.45) is 5.73 Å². The third-order valence-corrected chi connectivity index (χ3v) is 3.42. The van der Waals surface area contributed by atoms with Crippen LogP contribution in [0.2, 0.25) is 0 Å². The van der Waals surface area contributed by atoms with Gasteiger partial charge in [-0.05, 0) is 25.5 Å². The van der Waals surface area contributed by atoms with E-state index in [0.29, 0.717) is 12.4 Å². The zero-order chi connectivity index (χ0) is 14.6. The van der Waals surface area contributed by atoms with Gasteiger partial charge in [0.2, 0.25) is 5.95 Å². The average molecular weight is 274 g/mol. The molecule has 2 aromatic rings. The quantitative estimate of drug-likeness (QED) is 0.743. The van der Waals surface area contributed by atoms with E-state index >= 15 is 0 Å². The zero-order valence-corrected chi connectivity index (χ0v) is 12.1. The highest BCUT2D eigenvalue weighted by Gasteiger charge is 2.23. The maximum Gasteiger partial charge on any atom is 0.222 e. The van der Waals surface area contributed by atoms with Crippen LogP contribution >= 0.6 is 0 Å². The maximum absolute atomic E-state index is 5.92. The smallest absolute Gasteiger partial charge is 0.222 e. The second-order valence-corrected chi connectivity index (χ2v) is 5.29. The highest BCUT2D eigenvalue weighted by atomic mass is 15.1. The lowest BCUT2D eigenvalue weighted by atomic mass is 9.95. The molecule has 0 amide bonds. The summed E-state index contributed by atoms with van der Waals surface area (Å²) in [5.74, 6) is 0.889. The van der Waals surface area contributed by atoms with Crippen molar-refractivity contribution < 1.29 is 0 Å². The van der Waals surface area contributed by atoms with E-state index in [2.05, 4.69) is 34.1 Å². The number of hydrogen-bond acceptors (Lipinski definition) is 6. The number of hydrogen-bond donors (Lipinski definition) is 3. The molecule has 0 spiro atoms. The second-order valence-electron chi connectivity index (χ2n) is 5.29. The first-order valence-corrected chi connectivity index (χ1v) is 6.94. The van der Waals surface area contributed by atoms with Gasteiger partial charge in [-0.15, -0.1) is 0 Å². The molecule has 2 aromatic heterocycles. The molecule has 0 saturated carbocycles. The van der Waals surface area contributed by atoms with Crippen LogP contribution in [0.25, 0.3) is 11.0 Å². The molecule has 2 rings (SSSR count). The van der Waals surface area contributed by atoms with Crippen LogP contribution in [0.15, 0.2) is 18.3 Å². The van der Waals surface area contributed by atoms with Crippen molar-refractivity contribution in [1.82, 2.24) is 15.0 Å². The van der Waals surface area contributed by atoms with Gasteiger partial charge in [0, 0.05) is 18.3 Å². The van der Waals surface area contributed by atoms with E-state index < -0.39 is 0 Å². The van der Waals surface area contributed by atoms with Gasteiger partial charge >= 0.3 is 0 Å². The van der Waals surface area contributed by atoms with Crippen LogP contribution in [-0.2, 0) is 0 Å². The third kappa shape index (κ3) is 3.14. The maximum atomic E-state index is 5.92. The highest BCUT2D eigenvalue weighted by Crippen LogP contribution is 2.24. The van der Waals surface area contributed by atoms with Gasteiger partial charge in [-0.25, -0.2) is 4.98 Å². The second kappa shape index (κ2) is 6.00. The molecule has 0 saturated heterocycles. The molecule has 20 heavy (non-hydrogen) atoms. The van der Waals surface area contributed by atoms with Crippen LogP contribution in [0.3, 0.4) is 0 Å². The summed E-state index contributed by atoms with van der Waals surface area (Å²) in [4.78, 5) is 12.8. The van der Waals surface area contributed by atoms with Crippen LogP contribution in [0.1, 0.15) is 33.1 Å². The van der Waals surface area contributed by atoms with Gasteiger partial charge in [-0.1, -0.05) is 19.8 Å². The first-order valence-electron chi connectivity index (χ1n) is 6.94. The Morgan fingerprint density at radius 2 is 2.15 bits per heavy atom. The SMILES string of the molecule is CCCCC(C)(CN)Nc1nc(N)nc2cccnc12. The number of nitrogen functional groups attached to an aromatic ring is 1. The van der Waals surface area contributed by atoms with E-state index in [0.717, 1.165) is 30.3 Å². The minimum absolute atomic E-state index is 0.221. The predicted octanol–water partition coefficient (Wildman–Crippen LogP) is 1.93. The largest absolute Gasteiger partial charge is 0.368 e. The number of pyridine rings is 1. The number of fused-ring (bicyclic) bond motifs is 1. The number of rotatable bonds is 6. The first-order chi connectivity index (χ1) is 9.58. The summed E-state index contributed by atoms with van der Waals surface area (Å²) in [7, 11) is 0. The molecule has 6 heteroatoms. The monoisotopic (exact) mass is 274 g/mol. The molecule has 0 bridgehead atoms. The standard InChI is InChI=1S/C14H22N6/c1-3-4-7-14(2,9-15)20-12-11-10(6-5-8-17-11)18-13(16)19-12/h5-6,8H,3-4,7,9,15H2,1-2H3,(H3,16,18,19,20). The summed E-state index contributed by atoms with van der Waals surface area (Å²) in [5, 5.41) is 3.41. The summed E-state index contributed by atoms with van der Waals surface area (Å²) in [6, 6.07) is 3.70. The molecule has 2 heterocycles. The van der Waals surface area contributed by atoms with Gasteiger partial charge in [0.25, 0.3) is 0 Å². The molecule has 6 nitrogen and oxygen atoms in total. The molecule has 108 valence electrons. The van der Waals surface area contributed by atoms with Crippen molar-refractivity contribution in [3.63, 3.8) is 0 Å². The van der Waals surface area contributed by atoms with Crippen molar-refractivity contribution in [1.29, 1.82) is 0 Å². The van der Waals surface area contributed by atoms with E-state index in [1.807, 2.05) is 12.1 Å². The Hall–Kier alpha value is -1.95. The number of nitrogens with zero attached hydrogens (tertiary/aromatic N) is 3. The fraction of sp³-hybridized carbons (Fsp3) is 0.500. The Labute approximate surface area is 119 Å². The molecule has 0 radical (unpaired) electrons. The first kappa shape index (κ1) is 14.5. The Morgan fingerprint density at radius 3 is 2.85 bits per heavy atom.